The van der Waals surface area contributed by atoms with E-state index in [2.05, 4.69) is 9.97 Å². The zero-order valence-electron chi connectivity index (χ0n) is 8.18. The van der Waals surface area contributed by atoms with Gasteiger partial charge >= 0.3 is 0 Å². The van der Waals surface area contributed by atoms with Gasteiger partial charge in [-0.05, 0) is 6.42 Å². The molecule has 0 aliphatic carbocycles. The van der Waals surface area contributed by atoms with E-state index in [1.54, 1.807) is 12.4 Å². The number of nitrogen functional groups attached to an aromatic ring is 1. The highest BCUT2D eigenvalue weighted by atomic mass is 16.1. The predicted molar refractivity (Wildman–Crippen MR) is 55.0 cm³/mol. The summed E-state index contributed by atoms with van der Waals surface area (Å²) in [6.07, 6.45) is 5.68. The molecule has 0 aromatic carbocycles. The summed E-state index contributed by atoms with van der Waals surface area (Å²) in [6.45, 7) is 0.812. The van der Waals surface area contributed by atoms with Crippen molar-refractivity contribution in [3.63, 3.8) is 0 Å². The first-order valence-electron chi connectivity index (χ1n) is 4.46. The van der Waals surface area contributed by atoms with Crippen LogP contribution in [0.25, 0.3) is 0 Å². The summed E-state index contributed by atoms with van der Waals surface area (Å²) in [7, 11) is 1.93. The van der Waals surface area contributed by atoms with Gasteiger partial charge in [-0.3, -0.25) is 0 Å². The van der Waals surface area contributed by atoms with Gasteiger partial charge in [-0.15, -0.1) is 0 Å². The molecule has 76 valence electrons. The summed E-state index contributed by atoms with van der Waals surface area (Å²) in [4.78, 5) is 19.9. The molecule has 0 saturated heterocycles. The lowest BCUT2D eigenvalue weighted by atomic mass is 10.3. The number of anilines is 2. The van der Waals surface area contributed by atoms with Gasteiger partial charge in [0, 0.05) is 20.0 Å². The van der Waals surface area contributed by atoms with Crippen LogP contribution < -0.4 is 10.6 Å². The van der Waals surface area contributed by atoms with Crippen molar-refractivity contribution in [1.29, 1.82) is 0 Å². The molecule has 0 spiro atoms. The maximum atomic E-state index is 10.1. The highest BCUT2D eigenvalue weighted by Crippen LogP contribution is 2.09. The van der Waals surface area contributed by atoms with Crippen molar-refractivity contribution >= 4 is 17.9 Å². The van der Waals surface area contributed by atoms with Gasteiger partial charge in [0.1, 0.15) is 6.29 Å². The fourth-order valence-corrected chi connectivity index (χ4v) is 1.07. The summed E-state index contributed by atoms with van der Waals surface area (Å²) < 4.78 is 0. The van der Waals surface area contributed by atoms with Crippen LogP contribution in [0.5, 0.6) is 0 Å². The van der Waals surface area contributed by atoms with Crippen LogP contribution in [0.4, 0.5) is 11.6 Å². The number of rotatable bonds is 5. The van der Waals surface area contributed by atoms with Crippen LogP contribution in [0.2, 0.25) is 0 Å². The molecule has 0 amide bonds. The first-order chi connectivity index (χ1) is 6.74. The summed E-state index contributed by atoms with van der Waals surface area (Å²) >= 11 is 0. The molecule has 1 aromatic rings. The molecule has 1 aromatic heterocycles. The molecular weight excluding hydrogens is 180 g/mol. The third-order valence-corrected chi connectivity index (χ3v) is 1.91. The van der Waals surface area contributed by atoms with E-state index in [-0.39, 0.29) is 5.95 Å². The zero-order chi connectivity index (χ0) is 10.4. The Balaban J connectivity index is 2.47. The summed E-state index contributed by atoms with van der Waals surface area (Å²) in [5.74, 6) is 0.273. The van der Waals surface area contributed by atoms with Crippen molar-refractivity contribution in [3.05, 3.63) is 12.4 Å². The minimum Gasteiger partial charge on any atom is -0.372 e. The fraction of sp³-hybridized carbons (Fsp3) is 0.444. The molecule has 0 bridgehead atoms. The van der Waals surface area contributed by atoms with Crippen molar-refractivity contribution in [1.82, 2.24) is 9.97 Å². The van der Waals surface area contributed by atoms with Crippen LogP contribution >= 0.6 is 0 Å². The van der Waals surface area contributed by atoms with E-state index >= 15 is 0 Å². The van der Waals surface area contributed by atoms with Crippen LogP contribution in [0.3, 0.4) is 0 Å². The van der Waals surface area contributed by atoms with Crippen LogP contribution in [-0.2, 0) is 4.79 Å². The van der Waals surface area contributed by atoms with Gasteiger partial charge in [0.05, 0.1) is 18.1 Å². The number of unbranched alkanes of at least 4 members (excludes halogenated alkanes) is 1. The number of nitrogens with two attached hydrogens (primary N) is 1. The van der Waals surface area contributed by atoms with E-state index < -0.39 is 0 Å². The molecule has 0 fully saturated rings. The van der Waals surface area contributed by atoms with Crippen LogP contribution in [0.15, 0.2) is 12.4 Å². The SMILES string of the molecule is CN(CCCC=O)c1cnc(N)nc1. The molecule has 0 unspecified atom stereocenters. The molecule has 0 radical (unpaired) electrons. The third kappa shape index (κ3) is 3.01. The lowest BCUT2D eigenvalue weighted by Gasteiger charge is -2.17. The topological polar surface area (TPSA) is 72.1 Å². The molecule has 1 rings (SSSR count). The molecule has 0 aliphatic rings. The Morgan fingerprint density at radius 1 is 1.50 bits per heavy atom. The smallest absolute Gasteiger partial charge is 0.220 e. The van der Waals surface area contributed by atoms with Crippen molar-refractivity contribution in [2.75, 3.05) is 24.2 Å². The Kier molecular flexibility index (Phi) is 3.84. The molecule has 2 N–H and O–H groups in total. The lowest BCUT2D eigenvalue weighted by molar-refractivity contribution is -0.107. The molecule has 5 nitrogen and oxygen atoms in total. The average molecular weight is 194 g/mol. The lowest BCUT2D eigenvalue weighted by Crippen LogP contribution is -2.19. The standard InChI is InChI=1S/C9H14N4O/c1-13(4-2-3-5-14)8-6-11-9(10)12-7-8/h5-7H,2-4H2,1H3,(H2,10,11,12). The number of aldehydes is 1. The number of carbonyl (C=O) groups is 1. The average Bonchev–Trinajstić information content (AvgIpc) is 2.19. The van der Waals surface area contributed by atoms with Gasteiger partial charge in [-0.2, -0.15) is 0 Å². The second-order valence-corrected chi connectivity index (χ2v) is 3.03. The van der Waals surface area contributed by atoms with E-state index in [0.717, 1.165) is 24.9 Å². The molecule has 14 heavy (non-hydrogen) atoms. The fourth-order valence-electron chi connectivity index (χ4n) is 1.07. The maximum Gasteiger partial charge on any atom is 0.220 e. The Morgan fingerprint density at radius 3 is 2.71 bits per heavy atom. The summed E-state index contributed by atoms with van der Waals surface area (Å²) in [5.41, 5.74) is 6.27. The van der Waals surface area contributed by atoms with E-state index in [1.807, 2.05) is 11.9 Å². The first kappa shape index (κ1) is 10.4. The third-order valence-electron chi connectivity index (χ3n) is 1.91. The maximum absolute atomic E-state index is 10.1. The van der Waals surface area contributed by atoms with Gasteiger partial charge in [-0.1, -0.05) is 0 Å². The highest BCUT2D eigenvalue weighted by Gasteiger charge is 2.00. The van der Waals surface area contributed by atoms with Crippen molar-refractivity contribution in [2.24, 2.45) is 0 Å². The molecule has 0 saturated carbocycles. The van der Waals surface area contributed by atoms with E-state index in [4.69, 9.17) is 5.73 Å². The van der Waals surface area contributed by atoms with E-state index in [0.29, 0.717) is 6.42 Å². The first-order valence-corrected chi connectivity index (χ1v) is 4.46. The van der Waals surface area contributed by atoms with Crippen LogP contribution in [0, 0.1) is 0 Å². The Morgan fingerprint density at radius 2 is 2.14 bits per heavy atom. The molecule has 0 aliphatic heterocycles. The molecule has 1 heterocycles. The monoisotopic (exact) mass is 194 g/mol. The van der Waals surface area contributed by atoms with Crippen molar-refractivity contribution < 1.29 is 4.79 Å². The zero-order valence-corrected chi connectivity index (χ0v) is 8.18. The predicted octanol–water partition coefficient (Wildman–Crippen LogP) is 0.474. The highest BCUT2D eigenvalue weighted by molar-refractivity contribution is 5.49. The Labute approximate surface area is 83.0 Å². The largest absolute Gasteiger partial charge is 0.372 e. The Hall–Kier alpha value is -1.65. The number of hydrogen-bond donors (Lipinski definition) is 1. The summed E-state index contributed by atoms with van der Waals surface area (Å²) in [5, 5.41) is 0. The molecular formula is C9H14N4O. The second kappa shape index (κ2) is 5.16. The number of carbonyl (C=O) groups excluding carboxylic acids is 1. The van der Waals surface area contributed by atoms with Crippen LogP contribution in [0.1, 0.15) is 12.8 Å². The summed E-state index contributed by atoms with van der Waals surface area (Å²) in [6, 6.07) is 0. The number of hydrogen-bond acceptors (Lipinski definition) is 5. The number of nitrogens with zero attached hydrogens (tertiary/aromatic N) is 3. The van der Waals surface area contributed by atoms with Crippen LogP contribution in [-0.4, -0.2) is 29.8 Å². The van der Waals surface area contributed by atoms with Crippen molar-refractivity contribution in [3.8, 4) is 0 Å². The van der Waals surface area contributed by atoms with Gasteiger partial charge in [0.15, 0.2) is 0 Å². The molecule has 5 heteroatoms. The second-order valence-electron chi connectivity index (χ2n) is 3.03. The normalized spacial score (nSPS) is 9.79. The quantitative estimate of drug-likeness (QED) is 0.545. The van der Waals surface area contributed by atoms with E-state index in [1.165, 1.54) is 0 Å². The minimum absolute atomic E-state index is 0.273. The minimum atomic E-state index is 0.273. The van der Waals surface area contributed by atoms with E-state index in [9.17, 15) is 4.79 Å². The van der Waals surface area contributed by atoms with Gasteiger partial charge < -0.3 is 15.4 Å². The molecule has 0 atom stereocenters. The Bertz CT molecular complexity index is 285. The van der Waals surface area contributed by atoms with Gasteiger partial charge in [-0.25, -0.2) is 9.97 Å². The van der Waals surface area contributed by atoms with Gasteiger partial charge in [0.2, 0.25) is 5.95 Å². The van der Waals surface area contributed by atoms with Gasteiger partial charge in [0.25, 0.3) is 0 Å². The van der Waals surface area contributed by atoms with Crippen molar-refractivity contribution in [2.45, 2.75) is 12.8 Å². The number of aromatic nitrogens is 2.